The van der Waals surface area contributed by atoms with Crippen molar-refractivity contribution in [2.75, 3.05) is 19.7 Å². The van der Waals surface area contributed by atoms with Crippen LogP contribution in [0.3, 0.4) is 0 Å². The van der Waals surface area contributed by atoms with E-state index in [-0.39, 0.29) is 13.2 Å². The Kier molecular flexibility index (Phi) is 6.68. The molecule has 6 heteroatoms. The normalized spacial score (nSPS) is 10.9. The number of carbonyl (C=O) groups is 2. The van der Waals surface area contributed by atoms with Crippen LogP contribution in [-0.4, -0.2) is 41.6 Å². The van der Waals surface area contributed by atoms with Crippen LogP contribution in [0.25, 0.3) is 0 Å². The highest BCUT2D eigenvalue weighted by Crippen LogP contribution is 2.14. The van der Waals surface area contributed by atoms with E-state index >= 15 is 0 Å². The fourth-order valence-electron chi connectivity index (χ4n) is 2.00. The molecule has 1 aromatic carbocycles. The number of nitrogens with two attached hydrogens (primary N) is 1. The van der Waals surface area contributed by atoms with Crippen molar-refractivity contribution in [3.8, 4) is 5.75 Å². The lowest BCUT2D eigenvalue weighted by atomic mass is 10.1. The van der Waals surface area contributed by atoms with Gasteiger partial charge in [0.15, 0.2) is 6.61 Å². The van der Waals surface area contributed by atoms with Crippen LogP contribution in [0.4, 0.5) is 0 Å². The van der Waals surface area contributed by atoms with Crippen LogP contribution in [-0.2, 0) is 16.1 Å². The first kappa shape index (κ1) is 17.0. The molecule has 3 N–H and O–H groups in total. The number of primary amides is 1. The third kappa shape index (κ3) is 7.31. The van der Waals surface area contributed by atoms with E-state index in [0.29, 0.717) is 24.8 Å². The van der Waals surface area contributed by atoms with Crippen LogP contribution in [0.1, 0.15) is 19.4 Å². The summed E-state index contributed by atoms with van der Waals surface area (Å²) in [4.78, 5) is 23.4. The summed E-state index contributed by atoms with van der Waals surface area (Å²) in [7, 11) is 0. The lowest BCUT2D eigenvalue weighted by Crippen LogP contribution is -2.32. The molecule has 116 valence electrons. The first-order valence-corrected chi connectivity index (χ1v) is 6.81. The molecule has 0 fully saturated rings. The number of hydrogen-bond acceptors (Lipinski definition) is 4. The van der Waals surface area contributed by atoms with Crippen molar-refractivity contribution in [2.24, 2.45) is 11.7 Å². The Balaban J connectivity index is 2.62. The number of ether oxygens (including phenoxy) is 1. The Bertz CT molecular complexity index is 471. The smallest absolute Gasteiger partial charge is 0.317 e. The minimum absolute atomic E-state index is 0.0120. The van der Waals surface area contributed by atoms with Gasteiger partial charge in [-0.25, -0.2) is 0 Å². The number of aliphatic carboxylic acids is 1. The van der Waals surface area contributed by atoms with Gasteiger partial charge < -0.3 is 15.6 Å². The molecule has 0 saturated heterocycles. The van der Waals surface area contributed by atoms with Crippen LogP contribution < -0.4 is 10.5 Å². The minimum Gasteiger partial charge on any atom is -0.484 e. The summed E-state index contributed by atoms with van der Waals surface area (Å²) >= 11 is 0. The van der Waals surface area contributed by atoms with E-state index in [1.807, 2.05) is 17.0 Å². The molecule has 0 heterocycles. The van der Waals surface area contributed by atoms with Gasteiger partial charge in [-0.05, 0) is 23.6 Å². The second-order valence-electron chi connectivity index (χ2n) is 5.36. The highest BCUT2D eigenvalue weighted by atomic mass is 16.5. The largest absolute Gasteiger partial charge is 0.484 e. The molecule has 0 aliphatic carbocycles. The van der Waals surface area contributed by atoms with E-state index in [1.54, 1.807) is 12.1 Å². The average molecular weight is 294 g/mol. The molecule has 0 unspecified atom stereocenters. The topological polar surface area (TPSA) is 92.9 Å². The summed E-state index contributed by atoms with van der Waals surface area (Å²) in [5.41, 5.74) is 5.99. The van der Waals surface area contributed by atoms with Crippen molar-refractivity contribution in [3.63, 3.8) is 0 Å². The van der Waals surface area contributed by atoms with Crippen molar-refractivity contribution in [1.29, 1.82) is 0 Å². The van der Waals surface area contributed by atoms with Crippen LogP contribution in [0.15, 0.2) is 24.3 Å². The second-order valence-corrected chi connectivity index (χ2v) is 5.36. The third-order valence-corrected chi connectivity index (χ3v) is 2.69. The fraction of sp³-hybridized carbons (Fsp3) is 0.467. The molecule has 0 aliphatic rings. The van der Waals surface area contributed by atoms with Gasteiger partial charge in [0.25, 0.3) is 5.91 Å². The van der Waals surface area contributed by atoms with Crippen LogP contribution in [0.5, 0.6) is 5.75 Å². The summed E-state index contributed by atoms with van der Waals surface area (Å²) in [6, 6.07) is 7.19. The van der Waals surface area contributed by atoms with Gasteiger partial charge in [-0.3, -0.25) is 14.5 Å². The Hall–Kier alpha value is -2.08. The molecule has 1 rings (SSSR count). The maximum absolute atomic E-state index is 10.9. The average Bonchev–Trinajstić information content (AvgIpc) is 2.36. The maximum atomic E-state index is 10.9. The zero-order valence-electron chi connectivity index (χ0n) is 12.4. The van der Waals surface area contributed by atoms with Crippen molar-refractivity contribution in [3.05, 3.63) is 29.8 Å². The fourth-order valence-corrected chi connectivity index (χ4v) is 2.00. The molecule has 0 saturated carbocycles. The molecular formula is C15H22N2O4. The second kappa shape index (κ2) is 8.26. The van der Waals surface area contributed by atoms with E-state index in [2.05, 4.69) is 13.8 Å². The minimum atomic E-state index is -0.836. The zero-order valence-corrected chi connectivity index (χ0v) is 12.4. The van der Waals surface area contributed by atoms with Gasteiger partial charge in [0.1, 0.15) is 5.75 Å². The first-order valence-electron chi connectivity index (χ1n) is 6.81. The van der Waals surface area contributed by atoms with Crippen LogP contribution in [0, 0.1) is 5.92 Å². The van der Waals surface area contributed by atoms with Gasteiger partial charge in [-0.1, -0.05) is 26.0 Å². The molecule has 0 spiro atoms. The van der Waals surface area contributed by atoms with Gasteiger partial charge in [-0.2, -0.15) is 0 Å². The zero-order chi connectivity index (χ0) is 15.8. The highest BCUT2D eigenvalue weighted by molar-refractivity contribution is 5.75. The molecular weight excluding hydrogens is 272 g/mol. The maximum Gasteiger partial charge on any atom is 0.317 e. The van der Waals surface area contributed by atoms with E-state index < -0.39 is 11.9 Å². The predicted octanol–water partition coefficient (Wildman–Crippen LogP) is 1.09. The Morgan fingerprint density at radius 1 is 1.29 bits per heavy atom. The van der Waals surface area contributed by atoms with Gasteiger partial charge in [0.2, 0.25) is 0 Å². The number of carboxylic acids is 1. The standard InChI is InChI=1S/C15H22N2O4/c1-11(2)7-17(9-15(19)20)8-12-3-5-13(6-4-12)21-10-14(16)18/h3-6,11H,7-10H2,1-2H3,(H2,16,18)(H,19,20). The molecule has 0 atom stereocenters. The quantitative estimate of drug-likeness (QED) is 0.711. The molecule has 6 nitrogen and oxygen atoms in total. The molecule has 0 radical (unpaired) electrons. The molecule has 21 heavy (non-hydrogen) atoms. The molecule has 1 amide bonds. The molecule has 0 aromatic heterocycles. The molecule has 0 bridgehead atoms. The number of benzene rings is 1. The third-order valence-electron chi connectivity index (χ3n) is 2.69. The summed E-state index contributed by atoms with van der Waals surface area (Å²) in [5, 5.41) is 8.94. The molecule has 0 aliphatic heterocycles. The van der Waals surface area contributed by atoms with E-state index in [4.69, 9.17) is 15.6 Å². The van der Waals surface area contributed by atoms with Crippen molar-refractivity contribution >= 4 is 11.9 Å². The van der Waals surface area contributed by atoms with Gasteiger partial charge in [-0.15, -0.1) is 0 Å². The number of rotatable bonds is 9. The summed E-state index contributed by atoms with van der Waals surface area (Å²) in [5.74, 6) is -0.408. The lowest BCUT2D eigenvalue weighted by Gasteiger charge is -2.22. The Morgan fingerprint density at radius 3 is 2.38 bits per heavy atom. The summed E-state index contributed by atoms with van der Waals surface area (Å²) in [6.07, 6.45) is 0. The van der Waals surface area contributed by atoms with Crippen LogP contribution in [0.2, 0.25) is 0 Å². The van der Waals surface area contributed by atoms with E-state index in [0.717, 1.165) is 5.56 Å². The lowest BCUT2D eigenvalue weighted by molar-refractivity contribution is -0.138. The number of hydrogen-bond donors (Lipinski definition) is 2. The molecule has 1 aromatic rings. The number of nitrogens with zero attached hydrogens (tertiary/aromatic N) is 1. The monoisotopic (exact) mass is 294 g/mol. The first-order chi connectivity index (χ1) is 9.86. The number of carbonyl (C=O) groups excluding carboxylic acids is 1. The van der Waals surface area contributed by atoms with Gasteiger partial charge in [0.05, 0.1) is 6.54 Å². The van der Waals surface area contributed by atoms with Gasteiger partial charge in [0, 0.05) is 13.1 Å². The Morgan fingerprint density at radius 2 is 1.90 bits per heavy atom. The number of amides is 1. The Labute approximate surface area is 124 Å². The summed E-state index contributed by atoms with van der Waals surface area (Å²) < 4.78 is 5.17. The van der Waals surface area contributed by atoms with E-state index in [1.165, 1.54) is 0 Å². The van der Waals surface area contributed by atoms with Crippen molar-refractivity contribution in [1.82, 2.24) is 4.90 Å². The van der Waals surface area contributed by atoms with Crippen LogP contribution >= 0.6 is 0 Å². The SMILES string of the molecule is CC(C)CN(CC(=O)O)Cc1ccc(OCC(N)=O)cc1. The summed E-state index contributed by atoms with van der Waals surface area (Å²) in [6.45, 7) is 5.23. The van der Waals surface area contributed by atoms with E-state index in [9.17, 15) is 9.59 Å². The van der Waals surface area contributed by atoms with Crippen molar-refractivity contribution < 1.29 is 19.4 Å². The van der Waals surface area contributed by atoms with Gasteiger partial charge >= 0.3 is 5.97 Å². The number of carboxylic acid groups (broad SMARTS) is 1. The highest BCUT2D eigenvalue weighted by Gasteiger charge is 2.12. The van der Waals surface area contributed by atoms with Crippen molar-refractivity contribution in [2.45, 2.75) is 20.4 Å². The predicted molar refractivity (Wildman–Crippen MR) is 78.9 cm³/mol.